The summed E-state index contributed by atoms with van der Waals surface area (Å²) in [6.07, 6.45) is 0. The predicted molar refractivity (Wildman–Crippen MR) is 110 cm³/mol. The Labute approximate surface area is 164 Å². The van der Waals surface area contributed by atoms with E-state index in [1.54, 1.807) is 0 Å². The summed E-state index contributed by atoms with van der Waals surface area (Å²) in [5.41, 5.74) is 2.98. The third-order valence-electron chi connectivity index (χ3n) is 4.29. The number of rotatable bonds is 7. The monoisotopic (exact) mass is 395 g/mol. The minimum atomic E-state index is -3.42. The zero-order chi connectivity index (χ0) is 20.0. The summed E-state index contributed by atoms with van der Waals surface area (Å²) >= 11 is 0. The van der Waals surface area contributed by atoms with Crippen LogP contribution < -0.4 is 5.32 Å². The van der Waals surface area contributed by atoms with Crippen LogP contribution in [-0.4, -0.2) is 33.8 Å². The molecule has 0 bridgehead atoms. The van der Waals surface area contributed by atoms with E-state index >= 15 is 0 Å². The molecular formula is C22H21NO4S. The fourth-order valence-electron chi connectivity index (χ4n) is 2.78. The van der Waals surface area contributed by atoms with Gasteiger partial charge in [0.25, 0.3) is 5.91 Å². The highest BCUT2D eigenvalue weighted by molar-refractivity contribution is 7.91. The van der Waals surface area contributed by atoms with Gasteiger partial charge in [-0.15, -0.1) is 0 Å². The number of benzene rings is 3. The molecular weight excluding hydrogens is 374 g/mol. The Morgan fingerprint density at radius 3 is 2.21 bits per heavy atom. The second-order valence-electron chi connectivity index (χ2n) is 6.20. The van der Waals surface area contributed by atoms with Gasteiger partial charge in [-0.25, -0.2) is 8.42 Å². The summed E-state index contributed by atoms with van der Waals surface area (Å²) in [6, 6.07) is 23.2. The number of carbonyl (C=O) groups is 1. The van der Waals surface area contributed by atoms with Crippen LogP contribution in [-0.2, 0) is 14.6 Å². The maximum absolute atomic E-state index is 12.7. The van der Waals surface area contributed by atoms with Crippen molar-refractivity contribution >= 4 is 21.4 Å². The number of ether oxygens (including phenoxy) is 1. The standard InChI is InChI=1S/C22H21NO4S/c1-27-15-16-28(25,26)19-13-11-18(12-14-19)22(24)23-21-10-6-5-9-20(21)17-7-3-2-4-8-17/h2-14H,15-16H2,1H3,(H,23,24). The van der Waals surface area contributed by atoms with Gasteiger partial charge in [-0.2, -0.15) is 0 Å². The van der Waals surface area contributed by atoms with Crippen molar-refractivity contribution < 1.29 is 17.9 Å². The molecule has 0 radical (unpaired) electrons. The molecule has 6 heteroatoms. The fraction of sp³-hybridized carbons (Fsp3) is 0.136. The number of nitrogens with one attached hydrogen (secondary N) is 1. The third kappa shape index (κ3) is 4.65. The van der Waals surface area contributed by atoms with Gasteiger partial charge in [0.15, 0.2) is 9.84 Å². The molecule has 0 saturated heterocycles. The Morgan fingerprint density at radius 1 is 0.893 bits per heavy atom. The Hall–Kier alpha value is -2.96. The number of amides is 1. The highest BCUT2D eigenvalue weighted by Gasteiger charge is 2.15. The maximum Gasteiger partial charge on any atom is 0.255 e. The van der Waals surface area contributed by atoms with Crippen molar-refractivity contribution in [1.82, 2.24) is 0 Å². The van der Waals surface area contributed by atoms with E-state index in [1.165, 1.54) is 31.4 Å². The van der Waals surface area contributed by atoms with Crippen LogP contribution in [0.25, 0.3) is 11.1 Å². The molecule has 0 aliphatic carbocycles. The fourth-order valence-corrected chi connectivity index (χ4v) is 3.95. The lowest BCUT2D eigenvalue weighted by Gasteiger charge is -2.12. The van der Waals surface area contributed by atoms with Crippen molar-refractivity contribution in [2.45, 2.75) is 4.90 Å². The van der Waals surface area contributed by atoms with Gasteiger partial charge in [0.05, 0.1) is 17.3 Å². The summed E-state index contributed by atoms with van der Waals surface area (Å²) < 4.78 is 29.2. The Bertz CT molecular complexity index is 1050. The highest BCUT2D eigenvalue weighted by Crippen LogP contribution is 2.28. The molecule has 0 saturated carbocycles. The van der Waals surface area contributed by atoms with E-state index in [2.05, 4.69) is 5.32 Å². The molecule has 3 aromatic rings. The molecule has 144 valence electrons. The van der Waals surface area contributed by atoms with Crippen LogP contribution in [0.5, 0.6) is 0 Å². The summed E-state index contributed by atoms with van der Waals surface area (Å²) in [7, 11) is -1.97. The van der Waals surface area contributed by atoms with Gasteiger partial charge in [-0.05, 0) is 35.9 Å². The van der Waals surface area contributed by atoms with E-state index < -0.39 is 9.84 Å². The average Bonchev–Trinajstić information content (AvgIpc) is 2.73. The normalized spacial score (nSPS) is 11.2. The first kappa shape index (κ1) is 19.8. The molecule has 0 aliphatic rings. The number of sulfone groups is 1. The summed E-state index contributed by atoms with van der Waals surface area (Å²) in [5, 5.41) is 2.91. The van der Waals surface area contributed by atoms with E-state index in [0.717, 1.165) is 11.1 Å². The lowest BCUT2D eigenvalue weighted by atomic mass is 10.0. The van der Waals surface area contributed by atoms with Crippen molar-refractivity contribution in [3.05, 3.63) is 84.4 Å². The van der Waals surface area contributed by atoms with E-state index in [9.17, 15) is 13.2 Å². The lowest BCUT2D eigenvalue weighted by molar-refractivity contribution is 0.102. The quantitative estimate of drug-likeness (QED) is 0.656. The van der Waals surface area contributed by atoms with E-state index in [1.807, 2.05) is 54.6 Å². The predicted octanol–water partition coefficient (Wildman–Crippen LogP) is 4.03. The van der Waals surface area contributed by atoms with Gasteiger partial charge in [0.2, 0.25) is 0 Å². The van der Waals surface area contributed by atoms with Crippen molar-refractivity contribution in [1.29, 1.82) is 0 Å². The first-order valence-corrected chi connectivity index (χ1v) is 10.4. The molecule has 5 nitrogen and oxygen atoms in total. The Morgan fingerprint density at radius 2 is 1.54 bits per heavy atom. The van der Waals surface area contributed by atoms with Crippen molar-refractivity contribution in [2.24, 2.45) is 0 Å². The van der Waals surface area contributed by atoms with Crippen LogP contribution in [0.15, 0.2) is 83.8 Å². The molecule has 1 N–H and O–H groups in total. The number of hydrogen-bond acceptors (Lipinski definition) is 4. The first-order chi connectivity index (χ1) is 13.5. The lowest BCUT2D eigenvalue weighted by Crippen LogP contribution is -2.14. The average molecular weight is 395 g/mol. The largest absolute Gasteiger partial charge is 0.384 e. The van der Waals surface area contributed by atoms with Crippen LogP contribution >= 0.6 is 0 Å². The second-order valence-corrected chi connectivity index (χ2v) is 8.31. The van der Waals surface area contributed by atoms with Crippen LogP contribution in [0.3, 0.4) is 0 Å². The Kier molecular flexibility index (Phi) is 6.23. The summed E-state index contributed by atoms with van der Waals surface area (Å²) in [4.78, 5) is 12.8. The second kappa shape index (κ2) is 8.82. The van der Waals surface area contributed by atoms with Crippen LogP contribution in [0, 0.1) is 0 Å². The van der Waals surface area contributed by atoms with Crippen LogP contribution in [0.4, 0.5) is 5.69 Å². The Balaban J connectivity index is 1.80. The minimum Gasteiger partial charge on any atom is -0.384 e. The van der Waals surface area contributed by atoms with Crippen molar-refractivity contribution in [3.8, 4) is 11.1 Å². The smallest absolute Gasteiger partial charge is 0.255 e. The number of para-hydroxylation sites is 1. The SMILES string of the molecule is COCCS(=O)(=O)c1ccc(C(=O)Nc2ccccc2-c2ccccc2)cc1. The van der Waals surface area contributed by atoms with Crippen molar-refractivity contribution in [2.75, 3.05) is 24.8 Å². The molecule has 0 atom stereocenters. The molecule has 28 heavy (non-hydrogen) atoms. The summed E-state index contributed by atoms with van der Waals surface area (Å²) in [5.74, 6) is -0.399. The molecule has 0 spiro atoms. The zero-order valence-corrected chi connectivity index (χ0v) is 16.3. The molecule has 0 aromatic heterocycles. The molecule has 3 rings (SSSR count). The van der Waals surface area contributed by atoms with E-state index in [-0.39, 0.29) is 23.2 Å². The molecule has 3 aromatic carbocycles. The van der Waals surface area contributed by atoms with Crippen molar-refractivity contribution in [3.63, 3.8) is 0 Å². The molecule has 0 aliphatic heterocycles. The number of hydrogen-bond donors (Lipinski definition) is 1. The van der Waals surface area contributed by atoms with Crippen LogP contribution in [0.1, 0.15) is 10.4 Å². The van der Waals surface area contributed by atoms with Gasteiger partial charge in [-0.1, -0.05) is 48.5 Å². The molecule has 1 amide bonds. The van der Waals surface area contributed by atoms with E-state index in [0.29, 0.717) is 11.3 Å². The number of carbonyl (C=O) groups excluding carboxylic acids is 1. The van der Waals surface area contributed by atoms with E-state index in [4.69, 9.17) is 4.74 Å². The number of methoxy groups -OCH3 is 1. The van der Waals surface area contributed by atoms with Gasteiger partial charge < -0.3 is 10.1 Å². The minimum absolute atomic E-state index is 0.0977. The van der Waals surface area contributed by atoms with Gasteiger partial charge in [-0.3, -0.25) is 4.79 Å². The maximum atomic E-state index is 12.7. The zero-order valence-electron chi connectivity index (χ0n) is 15.5. The molecule has 0 unspecified atom stereocenters. The van der Waals surface area contributed by atoms with Crippen LogP contribution in [0.2, 0.25) is 0 Å². The van der Waals surface area contributed by atoms with Gasteiger partial charge in [0.1, 0.15) is 0 Å². The molecule has 0 heterocycles. The first-order valence-electron chi connectivity index (χ1n) is 8.79. The van der Waals surface area contributed by atoms with Gasteiger partial charge in [0, 0.05) is 23.9 Å². The van der Waals surface area contributed by atoms with Gasteiger partial charge >= 0.3 is 0 Å². The molecule has 0 fully saturated rings. The third-order valence-corrected chi connectivity index (χ3v) is 5.99. The topological polar surface area (TPSA) is 72.5 Å². The number of anilines is 1. The highest BCUT2D eigenvalue weighted by atomic mass is 32.2. The summed E-state index contributed by atoms with van der Waals surface area (Å²) in [6.45, 7) is 0.126.